The van der Waals surface area contributed by atoms with Crippen LogP contribution < -0.4 is 10.6 Å². The van der Waals surface area contributed by atoms with Crippen LogP contribution in [0.25, 0.3) is 0 Å². The average Bonchev–Trinajstić information content (AvgIpc) is 3.38. The summed E-state index contributed by atoms with van der Waals surface area (Å²) in [6.07, 6.45) is 1.07. The van der Waals surface area contributed by atoms with E-state index in [0.29, 0.717) is 12.5 Å². The summed E-state index contributed by atoms with van der Waals surface area (Å²) in [4.78, 5) is 49.0. The Morgan fingerprint density at radius 2 is 1.75 bits per heavy atom. The average molecular weight is 389 g/mol. The molecule has 1 saturated heterocycles. The number of carboxylic acid groups (broad SMARTS) is 1. The summed E-state index contributed by atoms with van der Waals surface area (Å²) in [7, 11) is 0. The second-order valence-corrected chi connectivity index (χ2v) is 7.38. The third-order valence-electron chi connectivity index (χ3n) is 4.63. The van der Waals surface area contributed by atoms with Crippen molar-refractivity contribution in [1.29, 1.82) is 0 Å². The third-order valence-corrected chi connectivity index (χ3v) is 4.63. The lowest BCUT2D eigenvalue weighted by molar-refractivity contribution is -0.139. The van der Waals surface area contributed by atoms with E-state index in [2.05, 4.69) is 10.6 Å². The Hall–Kier alpha value is -2.90. The molecule has 28 heavy (non-hydrogen) atoms. The molecular formula is C20H27N3O5. The van der Waals surface area contributed by atoms with Gasteiger partial charge in [-0.25, -0.2) is 4.79 Å². The van der Waals surface area contributed by atoms with Gasteiger partial charge in [-0.15, -0.1) is 0 Å². The number of carbonyl (C=O) groups is 4. The number of aliphatic carboxylic acids is 1. The smallest absolute Gasteiger partial charge is 0.329 e. The number of nitrogens with one attached hydrogen (secondary N) is 2. The summed E-state index contributed by atoms with van der Waals surface area (Å²) in [5, 5.41) is 14.6. The highest BCUT2D eigenvalue weighted by molar-refractivity contribution is 6.02. The predicted molar refractivity (Wildman–Crippen MR) is 102 cm³/mol. The molecule has 0 radical (unpaired) electrons. The molecule has 8 nitrogen and oxygen atoms in total. The summed E-state index contributed by atoms with van der Waals surface area (Å²) in [6.45, 7) is 5.79. The molecule has 3 atom stereocenters. The number of amides is 3. The number of hydrogen-bond donors (Lipinski definition) is 3. The van der Waals surface area contributed by atoms with Crippen LogP contribution >= 0.6 is 0 Å². The van der Waals surface area contributed by atoms with E-state index in [0.717, 1.165) is 16.9 Å². The van der Waals surface area contributed by atoms with Gasteiger partial charge in [-0.05, 0) is 17.9 Å². The SMILES string of the molecule is CC(=O)N1[C@H](C(=O)O)[C@H]1C(=O)N[C@@H](Cc1ccccc1)C(=O)NCCC(C)C. The molecule has 1 fully saturated rings. The molecule has 0 spiro atoms. The van der Waals surface area contributed by atoms with E-state index in [1.807, 2.05) is 44.2 Å². The van der Waals surface area contributed by atoms with Gasteiger partial charge in [0, 0.05) is 19.9 Å². The highest BCUT2D eigenvalue weighted by Gasteiger charge is 2.59. The number of carbonyl (C=O) groups excluding carboxylic acids is 3. The molecule has 0 aliphatic carbocycles. The summed E-state index contributed by atoms with van der Waals surface area (Å²) < 4.78 is 0. The molecule has 8 heteroatoms. The van der Waals surface area contributed by atoms with Crippen LogP contribution in [0.2, 0.25) is 0 Å². The van der Waals surface area contributed by atoms with Crippen molar-refractivity contribution < 1.29 is 24.3 Å². The molecule has 2 rings (SSSR count). The normalized spacial score (nSPS) is 19.1. The van der Waals surface area contributed by atoms with Crippen LogP contribution in [0.15, 0.2) is 30.3 Å². The van der Waals surface area contributed by atoms with Crippen molar-refractivity contribution in [1.82, 2.24) is 15.5 Å². The zero-order chi connectivity index (χ0) is 20.8. The first kappa shape index (κ1) is 21.4. The van der Waals surface area contributed by atoms with E-state index in [9.17, 15) is 24.3 Å². The van der Waals surface area contributed by atoms with Crippen molar-refractivity contribution >= 4 is 23.7 Å². The second kappa shape index (κ2) is 9.34. The van der Waals surface area contributed by atoms with E-state index in [4.69, 9.17) is 0 Å². The molecule has 0 aromatic heterocycles. The topological polar surface area (TPSA) is 116 Å². The number of nitrogens with zero attached hydrogens (tertiary/aromatic N) is 1. The Morgan fingerprint density at radius 1 is 1.11 bits per heavy atom. The Labute approximate surface area is 164 Å². The number of rotatable bonds is 9. The van der Waals surface area contributed by atoms with Crippen LogP contribution in [-0.2, 0) is 25.6 Å². The first-order valence-electron chi connectivity index (χ1n) is 9.36. The van der Waals surface area contributed by atoms with Gasteiger partial charge in [0.2, 0.25) is 17.7 Å². The monoisotopic (exact) mass is 389 g/mol. The van der Waals surface area contributed by atoms with Gasteiger partial charge in [0.15, 0.2) is 6.04 Å². The summed E-state index contributed by atoms with van der Waals surface area (Å²) in [6, 6.07) is 6.10. The minimum Gasteiger partial charge on any atom is -0.480 e. The third kappa shape index (κ3) is 5.55. The van der Waals surface area contributed by atoms with Gasteiger partial charge in [0.05, 0.1) is 0 Å². The fourth-order valence-electron chi connectivity index (χ4n) is 3.07. The maximum Gasteiger partial charge on any atom is 0.329 e. The molecule has 152 valence electrons. The molecule has 3 amide bonds. The van der Waals surface area contributed by atoms with Crippen LogP contribution in [0.3, 0.4) is 0 Å². The molecule has 1 heterocycles. The summed E-state index contributed by atoms with van der Waals surface area (Å²) in [5.41, 5.74) is 0.862. The van der Waals surface area contributed by atoms with E-state index < -0.39 is 35.9 Å². The van der Waals surface area contributed by atoms with Gasteiger partial charge in [-0.1, -0.05) is 44.2 Å². The Kier molecular flexibility index (Phi) is 7.14. The molecule has 1 aliphatic rings. The number of carboxylic acids is 1. The first-order chi connectivity index (χ1) is 13.2. The van der Waals surface area contributed by atoms with Crippen LogP contribution in [-0.4, -0.2) is 58.4 Å². The Morgan fingerprint density at radius 3 is 2.25 bits per heavy atom. The van der Waals surface area contributed by atoms with Gasteiger partial charge in [0.25, 0.3) is 0 Å². The predicted octanol–water partition coefficient (Wildman–Crippen LogP) is 0.560. The Balaban J connectivity index is 2.08. The van der Waals surface area contributed by atoms with Crippen LogP contribution in [0.5, 0.6) is 0 Å². The highest BCUT2D eigenvalue weighted by atomic mass is 16.4. The lowest BCUT2D eigenvalue weighted by Crippen LogP contribution is -2.50. The number of benzene rings is 1. The Bertz CT molecular complexity index is 715. The second-order valence-electron chi connectivity index (χ2n) is 7.38. The molecule has 0 bridgehead atoms. The largest absolute Gasteiger partial charge is 0.480 e. The molecule has 1 aliphatic heterocycles. The molecule has 1 aromatic rings. The van der Waals surface area contributed by atoms with Gasteiger partial charge in [-0.2, -0.15) is 0 Å². The zero-order valence-corrected chi connectivity index (χ0v) is 16.3. The van der Waals surface area contributed by atoms with Gasteiger partial charge in [0.1, 0.15) is 12.1 Å². The van der Waals surface area contributed by atoms with Crippen molar-refractivity contribution in [3.8, 4) is 0 Å². The highest BCUT2D eigenvalue weighted by Crippen LogP contribution is 2.29. The maximum absolute atomic E-state index is 12.6. The quantitative estimate of drug-likeness (QED) is 0.534. The van der Waals surface area contributed by atoms with Crippen LogP contribution in [0.1, 0.15) is 32.8 Å². The summed E-state index contributed by atoms with van der Waals surface area (Å²) >= 11 is 0. The van der Waals surface area contributed by atoms with E-state index in [-0.39, 0.29) is 12.3 Å². The molecule has 1 aromatic carbocycles. The minimum absolute atomic E-state index is 0.268. The summed E-state index contributed by atoms with van der Waals surface area (Å²) in [5.74, 6) is -2.28. The van der Waals surface area contributed by atoms with Crippen molar-refractivity contribution in [2.24, 2.45) is 5.92 Å². The van der Waals surface area contributed by atoms with Gasteiger partial charge in [-0.3, -0.25) is 14.4 Å². The molecular weight excluding hydrogens is 362 g/mol. The molecule has 0 saturated carbocycles. The number of hydrogen-bond acceptors (Lipinski definition) is 4. The van der Waals surface area contributed by atoms with Crippen molar-refractivity contribution in [3.63, 3.8) is 0 Å². The van der Waals surface area contributed by atoms with E-state index in [1.54, 1.807) is 0 Å². The lowest BCUT2D eigenvalue weighted by atomic mass is 10.0. The zero-order valence-electron chi connectivity index (χ0n) is 16.3. The minimum atomic E-state index is -1.24. The van der Waals surface area contributed by atoms with Crippen LogP contribution in [0.4, 0.5) is 0 Å². The molecule has 0 unspecified atom stereocenters. The van der Waals surface area contributed by atoms with Crippen molar-refractivity contribution in [3.05, 3.63) is 35.9 Å². The maximum atomic E-state index is 12.6. The van der Waals surface area contributed by atoms with Crippen molar-refractivity contribution in [2.45, 2.75) is 51.7 Å². The van der Waals surface area contributed by atoms with E-state index in [1.165, 1.54) is 6.92 Å². The lowest BCUT2D eigenvalue weighted by Gasteiger charge is -2.19. The van der Waals surface area contributed by atoms with Crippen LogP contribution in [0, 0.1) is 5.92 Å². The first-order valence-corrected chi connectivity index (χ1v) is 9.36. The standard InChI is InChI=1S/C20H27N3O5/c1-12(2)9-10-21-18(25)15(11-14-7-5-4-6-8-14)22-19(26)16-17(20(27)28)23(16)13(3)24/h4-8,12,15-17H,9-11H2,1-3H3,(H,21,25)(H,22,26)(H,27,28)/t15-,16-,17-,23?/m0/s1. The fourth-order valence-corrected chi connectivity index (χ4v) is 3.07. The molecule has 3 N–H and O–H groups in total. The van der Waals surface area contributed by atoms with Crippen molar-refractivity contribution in [2.75, 3.05) is 6.54 Å². The van der Waals surface area contributed by atoms with Gasteiger partial charge < -0.3 is 20.6 Å². The van der Waals surface area contributed by atoms with Gasteiger partial charge >= 0.3 is 5.97 Å². The fraction of sp³-hybridized carbons (Fsp3) is 0.500. The van der Waals surface area contributed by atoms with E-state index >= 15 is 0 Å².